The van der Waals surface area contributed by atoms with Gasteiger partial charge in [-0.2, -0.15) is 13.2 Å². The van der Waals surface area contributed by atoms with Crippen molar-refractivity contribution in [3.63, 3.8) is 0 Å². The van der Waals surface area contributed by atoms with Gasteiger partial charge in [-0.15, -0.1) is 0 Å². The van der Waals surface area contributed by atoms with Crippen LogP contribution in [0.1, 0.15) is 60.0 Å². The zero-order chi connectivity index (χ0) is 22.4. The van der Waals surface area contributed by atoms with Gasteiger partial charge in [0.2, 0.25) is 11.8 Å². The summed E-state index contributed by atoms with van der Waals surface area (Å²) in [7, 11) is 0. The molecule has 2 aliphatic heterocycles. The summed E-state index contributed by atoms with van der Waals surface area (Å²) in [4.78, 5) is 37.9. The van der Waals surface area contributed by atoms with Crippen molar-refractivity contribution >= 4 is 17.7 Å². The predicted octanol–water partition coefficient (Wildman–Crippen LogP) is 1.74. The highest BCUT2D eigenvalue weighted by Gasteiger charge is 2.55. The molecule has 0 spiro atoms. The van der Waals surface area contributed by atoms with E-state index in [-0.39, 0.29) is 56.6 Å². The molecule has 0 bridgehead atoms. The van der Waals surface area contributed by atoms with Gasteiger partial charge in [-0.05, 0) is 49.3 Å². The third-order valence-electron chi connectivity index (χ3n) is 6.72. The number of nitrogens with zero attached hydrogens (tertiary/aromatic N) is 1. The number of hydrogen-bond donors (Lipinski definition) is 3. The van der Waals surface area contributed by atoms with E-state index in [0.29, 0.717) is 29.5 Å². The van der Waals surface area contributed by atoms with E-state index in [1.165, 1.54) is 4.90 Å². The number of carbonyl (C=O) groups excluding carboxylic acids is 3. The number of nitrogens with one attached hydrogen (secondary N) is 2. The maximum atomic E-state index is 13.9. The van der Waals surface area contributed by atoms with Crippen molar-refractivity contribution in [3.8, 4) is 0 Å². The number of hydrogen-bond acceptors (Lipinski definition) is 5. The van der Waals surface area contributed by atoms with Gasteiger partial charge in [0.1, 0.15) is 11.6 Å². The third kappa shape index (κ3) is 3.94. The molecule has 1 aromatic carbocycles. The summed E-state index contributed by atoms with van der Waals surface area (Å²) in [6, 6.07) is 3.97. The maximum Gasteiger partial charge on any atom is 0.406 e. The molecule has 1 unspecified atom stereocenters. The summed E-state index contributed by atoms with van der Waals surface area (Å²) >= 11 is 0. The molecule has 168 valence electrons. The quantitative estimate of drug-likeness (QED) is 0.622. The lowest BCUT2D eigenvalue weighted by molar-refractivity contribution is -0.206. The number of nitrogens with two attached hydrogens (primary N) is 1. The Kier molecular flexibility index (Phi) is 5.55. The van der Waals surface area contributed by atoms with Crippen LogP contribution < -0.4 is 16.4 Å². The molecule has 1 aromatic rings. The molecular formula is C21H25F3N4O3. The lowest BCUT2D eigenvalue weighted by atomic mass is 9.79. The second kappa shape index (κ2) is 7.90. The van der Waals surface area contributed by atoms with Crippen LogP contribution in [0.3, 0.4) is 0 Å². The summed E-state index contributed by atoms with van der Waals surface area (Å²) in [6.07, 6.45) is -3.64. The van der Waals surface area contributed by atoms with E-state index in [4.69, 9.17) is 5.73 Å². The minimum Gasteiger partial charge on any atom is -0.328 e. The highest BCUT2D eigenvalue weighted by molar-refractivity contribution is 6.05. The minimum atomic E-state index is -4.42. The normalized spacial score (nSPS) is 29.2. The standard InChI is InChI=1S/C21H25F3N4O3/c22-21(23,24)20(8-6-13(25)7-9-20)26-10-12-2-1-3-14-15(12)11-28(19(14)31)16-4-5-17(29)27-18(16)30/h1-3,13,16,26H,4-11,25H2,(H,27,29,30). The fourth-order valence-corrected chi connectivity index (χ4v) is 4.77. The van der Waals surface area contributed by atoms with Crippen LogP contribution in [0.5, 0.6) is 0 Å². The topological polar surface area (TPSA) is 105 Å². The van der Waals surface area contributed by atoms with Crippen molar-refractivity contribution in [2.75, 3.05) is 0 Å². The zero-order valence-corrected chi connectivity index (χ0v) is 16.9. The molecule has 0 aromatic heterocycles. The van der Waals surface area contributed by atoms with Gasteiger partial charge in [0.15, 0.2) is 0 Å². The Morgan fingerprint density at radius 2 is 1.87 bits per heavy atom. The molecular weight excluding hydrogens is 413 g/mol. The van der Waals surface area contributed by atoms with Crippen molar-refractivity contribution in [3.05, 3.63) is 34.9 Å². The molecule has 2 fully saturated rings. The van der Waals surface area contributed by atoms with Crippen LogP contribution in [0, 0.1) is 0 Å². The number of fused-ring (bicyclic) bond motifs is 1. The van der Waals surface area contributed by atoms with Gasteiger partial charge in [-0.1, -0.05) is 12.1 Å². The third-order valence-corrected chi connectivity index (χ3v) is 6.72. The molecule has 31 heavy (non-hydrogen) atoms. The summed E-state index contributed by atoms with van der Waals surface area (Å²) in [5.41, 5.74) is 5.41. The Bertz CT molecular complexity index is 910. The molecule has 1 atom stereocenters. The first kappa shape index (κ1) is 21.8. The number of piperidine rings is 1. The zero-order valence-electron chi connectivity index (χ0n) is 16.9. The fraction of sp³-hybridized carbons (Fsp3) is 0.571. The summed E-state index contributed by atoms with van der Waals surface area (Å²) in [5.74, 6) is -1.24. The Morgan fingerprint density at radius 3 is 2.52 bits per heavy atom. The molecule has 4 N–H and O–H groups in total. The number of imide groups is 1. The van der Waals surface area contributed by atoms with E-state index in [0.717, 1.165) is 0 Å². The van der Waals surface area contributed by atoms with Crippen LogP contribution in [0.15, 0.2) is 18.2 Å². The van der Waals surface area contributed by atoms with Crippen molar-refractivity contribution in [1.29, 1.82) is 0 Å². The van der Waals surface area contributed by atoms with Gasteiger partial charge in [-0.25, -0.2) is 0 Å². The number of amides is 3. The second-order valence-electron chi connectivity index (χ2n) is 8.61. The van der Waals surface area contributed by atoms with Gasteiger partial charge >= 0.3 is 6.18 Å². The van der Waals surface area contributed by atoms with Gasteiger partial charge < -0.3 is 10.6 Å². The van der Waals surface area contributed by atoms with Crippen molar-refractivity contribution in [1.82, 2.24) is 15.5 Å². The van der Waals surface area contributed by atoms with Crippen LogP contribution in [-0.4, -0.2) is 46.4 Å². The molecule has 2 heterocycles. The van der Waals surface area contributed by atoms with E-state index >= 15 is 0 Å². The highest BCUT2D eigenvalue weighted by atomic mass is 19.4. The van der Waals surface area contributed by atoms with E-state index in [1.807, 2.05) is 0 Å². The van der Waals surface area contributed by atoms with Gasteiger partial charge in [-0.3, -0.25) is 25.0 Å². The van der Waals surface area contributed by atoms with E-state index < -0.39 is 23.7 Å². The number of carbonyl (C=O) groups is 3. The number of alkyl halides is 3. The molecule has 1 saturated carbocycles. The Labute approximate surface area is 177 Å². The van der Waals surface area contributed by atoms with Gasteiger partial charge in [0, 0.05) is 31.1 Å². The average molecular weight is 438 g/mol. The Morgan fingerprint density at radius 1 is 1.16 bits per heavy atom. The van der Waals surface area contributed by atoms with Gasteiger partial charge in [0.05, 0.1) is 0 Å². The first-order chi connectivity index (χ1) is 14.6. The molecule has 1 aliphatic carbocycles. The summed E-state index contributed by atoms with van der Waals surface area (Å²) in [6.45, 7) is 0.0799. The van der Waals surface area contributed by atoms with Gasteiger partial charge in [0.25, 0.3) is 5.91 Å². The lowest BCUT2D eigenvalue weighted by Crippen LogP contribution is -2.59. The molecule has 3 amide bonds. The minimum absolute atomic E-state index is 0.0472. The molecule has 4 rings (SSSR count). The lowest BCUT2D eigenvalue weighted by Gasteiger charge is -2.41. The second-order valence-corrected chi connectivity index (χ2v) is 8.61. The molecule has 10 heteroatoms. The van der Waals surface area contributed by atoms with Crippen LogP contribution >= 0.6 is 0 Å². The SMILES string of the molecule is NC1CCC(NCc2cccc3c2CN(C2CCC(=O)NC2=O)C3=O)(C(F)(F)F)CC1. The smallest absolute Gasteiger partial charge is 0.328 e. The summed E-state index contributed by atoms with van der Waals surface area (Å²) in [5, 5.41) is 4.97. The van der Waals surface area contributed by atoms with Crippen molar-refractivity contribution < 1.29 is 27.6 Å². The highest BCUT2D eigenvalue weighted by Crippen LogP contribution is 2.42. The first-order valence-corrected chi connectivity index (χ1v) is 10.4. The average Bonchev–Trinajstić information content (AvgIpc) is 3.04. The molecule has 0 radical (unpaired) electrons. The number of rotatable bonds is 4. The monoisotopic (exact) mass is 438 g/mol. The fourth-order valence-electron chi connectivity index (χ4n) is 4.77. The van der Waals surface area contributed by atoms with Crippen molar-refractivity contribution in [2.24, 2.45) is 5.73 Å². The van der Waals surface area contributed by atoms with E-state index in [1.54, 1.807) is 18.2 Å². The van der Waals surface area contributed by atoms with Crippen LogP contribution in [0.2, 0.25) is 0 Å². The van der Waals surface area contributed by atoms with E-state index in [2.05, 4.69) is 10.6 Å². The predicted molar refractivity (Wildman–Crippen MR) is 105 cm³/mol. The molecule has 1 saturated heterocycles. The van der Waals surface area contributed by atoms with Crippen LogP contribution in [0.4, 0.5) is 13.2 Å². The molecule has 7 nitrogen and oxygen atoms in total. The Balaban J connectivity index is 1.54. The maximum absolute atomic E-state index is 13.9. The Hall–Kier alpha value is -2.46. The van der Waals surface area contributed by atoms with Crippen LogP contribution in [-0.2, 0) is 22.7 Å². The number of halogens is 3. The van der Waals surface area contributed by atoms with Crippen molar-refractivity contribution in [2.45, 2.75) is 75.4 Å². The summed E-state index contributed by atoms with van der Waals surface area (Å²) < 4.78 is 41.7. The molecule has 3 aliphatic rings. The largest absolute Gasteiger partial charge is 0.406 e. The first-order valence-electron chi connectivity index (χ1n) is 10.4. The van der Waals surface area contributed by atoms with Crippen LogP contribution in [0.25, 0.3) is 0 Å². The number of benzene rings is 1. The van der Waals surface area contributed by atoms with E-state index in [9.17, 15) is 27.6 Å².